The van der Waals surface area contributed by atoms with Crippen molar-refractivity contribution in [2.24, 2.45) is 0 Å². The van der Waals surface area contributed by atoms with Crippen LogP contribution in [0.5, 0.6) is 5.75 Å². The zero-order valence-electron chi connectivity index (χ0n) is 10.9. The van der Waals surface area contributed by atoms with E-state index < -0.39 is 0 Å². The second-order valence-electron chi connectivity index (χ2n) is 4.47. The van der Waals surface area contributed by atoms with Crippen molar-refractivity contribution in [1.29, 1.82) is 0 Å². The number of aromatic hydroxyl groups is 1. The topological polar surface area (TPSA) is 75.4 Å². The van der Waals surface area contributed by atoms with Crippen molar-refractivity contribution in [2.75, 3.05) is 6.54 Å². The summed E-state index contributed by atoms with van der Waals surface area (Å²) in [6.45, 7) is 4.23. The fraction of sp³-hybridized carbons (Fsp3) is 0.286. The number of hydrogen-bond donors (Lipinski definition) is 2. The molecule has 1 aromatic carbocycles. The molecule has 19 heavy (non-hydrogen) atoms. The van der Waals surface area contributed by atoms with Gasteiger partial charge in [0.25, 0.3) is 5.91 Å². The second kappa shape index (κ2) is 5.56. The van der Waals surface area contributed by atoms with Gasteiger partial charge in [-0.25, -0.2) is 0 Å². The summed E-state index contributed by atoms with van der Waals surface area (Å²) >= 11 is 0. The molecule has 5 heteroatoms. The number of phenols is 1. The lowest BCUT2D eigenvalue weighted by Crippen LogP contribution is -2.25. The number of benzene rings is 1. The van der Waals surface area contributed by atoms with Gasteiger partial charge in [-0.05, 0) is 37.0 Å². The van der Waals surface area contributed by atoms with Crippen LogP contribution in [-0.2, 0) is 6.42 Å². The van der Waals surface area contributed by atoms with E-state index in [-0.39, 0.29) is 11.6 Å². The van der Waals surface area contributed by atoms with Gasteiger partial charge in [0.2, 0.25) is 0 Å². The van der Waals surface area contributed by atoms with Crippen LogP contribution in [-0.4, -0.2) is 22.7 Å². The lowest BCUT2D eigenvalue weighted by Gasteiger charge is -2.08. The second-order valence-corrected chi connectivity index (χ2v) is 4.47. The molecule has 0 aliphatic carbocycles. The lowest BCUT2D eigenvalue weighted by molar-refractivity contribution is 0.0945. The Labute approximate surface area is 111 Å². The first-order valence-corrected chi connectivity index (χ1v) is 6.05. The molecule has 2 aromatic rings. The molecule has 1 heterocycles. The number of carbonyl (C=O) groups is 1. The van der Waals surface area contributed by atoms with E-state index in [1.165, 1.54) is 12.3 Å². The first kappa shape index (κ1) is 13.1. The Morgan fingerprint density at radius 2 is 2.05 bits per heavy atom. The molecule has 0 radical (unpaired) electrons. The SMILES string of the molecule is Cc1cc(CCNC(=O)c2ccon2)cc(C)c1O. The molecule has 2 rings (SSSR count). The Kier molecular flexibility index (Phi) is 3.85. The van der Waals surface area contributed by atoms with Crippen molar-refractivity contribution in [1.82, 2.24) is 10.5 Å². The minimum absolute atomic E-state index is 0.249. The number of aromatic nitrogens is 1. The molecule has 0 spiro atoms. The summed E-state index contributed by atoms with van der Waals surface area (Å²) < 4.78 is 4.61. The van der Waals surface area contributed by atoms with Crippen molar-refractivity contribution in [3.8, 4) is 5.75 Å². The van der Waals surface area contributed by atoms with E-state index in [1.807, 2.05) is 26.0 Å². The highest BCUT2D eigenvalue weighted by atomic mass is 16.5. The van der Waals surface area contributed by atoms with E-state index in [4.69, 9.17) is 0 Å². The predicted octanol–water partition coefficient (Wildman–Crippen LogP) is 1.97. The lowest BCUT2D eigenvalue weighted by atomic mass is 10.0. The van der Waals surface area contributed by atoms with E-state index in [0.717, 1.165) is 16.7 Å². The van der Waals surface area contributed by atoms with E-state index in [1.54, 1.807) is 0 Å². The molecule has 2 N–H and O–H groups in total. The molecule has 1 aromatic heterocycles. The number of rotatable bonds is 4. The number of nitrogens with one attached hydrogen (secondary N) is 1. The molecule has 0 saturated carbocycles. The summed E-state index contributed by atoms with van der Waals surface area (Å²) in [5.74, 6) is 0.0800. The third-order valence-electron chi connectivity index (χ3n) is 2.92. The van der Waals surface area contributed by atoms with Crippen LogP contribution in [0, 0.1) is 13.8 Å². The van der Waals surface area contributed by atoms with E-state index in [9.17, 15) is 9.90 Å². The maximum Gasteiger partial charge on any atom is 0.273 e. The molecule has 0 fully saturated rings. The molecule has 0 aliphatic rings. The zero-order chi connectivity index (χ0) is 13.8. The Hall–Kier alpha value is -2.30. The van der Waals surface area contributed by atoms with Gasteiger partial charge in [-0.2, -0.15) is 0 Å². The molecular formula is C14H16N2O3. The van der Waals surface area contributed by atoms with Gasteiger partial charge in [-0.3, -0.25) is 4.79 Å². The summed E-state index contributed by atoms with van der Waals surface area (Å²) in [6, 6.07) is 5.36. The number of hydrogen-bond acceptors (Lipinski definition) is 4. The summed E-state index contributed by atoms with van der Waals surface area (Å²) in [7, 11) is 0. The summed E-state index contributed by atoms with van der Waals surface area (Å²) in [4.78, 5) is 11.6. The molecule has 0 saturated heterocycles. The van der Waals surface area contributed by atoms with Crippen molar-refractivity contribution >= 4 is 5.91 Å². The van der Waals surface area contributed by atoms with Gasteiger partial charge in [0.1, 0.15) is 12.0 Å². The van der Waals surface area contributed by atoms with E-state index in [2.05, 4.69) is 15.0 Å². The molecular weight excluding hydrogens is 244 g/mol. The van der Waals surface area contributed by atoms with Crippen LogP contribution in [0.1, 0.15) is 27.2 Å². The third kappa shape index (κ3) is 3.13. The van der Waals surface area contributed by atoms with Crippen LogP contribution in [0.25, 0.3) is 0 Å². The van der Waals surface area contributed by atoms with Crippen molar-refractivity contribution < 1.29 is 14.4 Å². The largest absolute Gasteiger partial charge is 0.507 e. The smallest absolute Gasteiger partial charge is 0.273 e. The summed E-state index contributed by atoms with van der Waals surface area (Å²) in [6.07, 6.45) is 2.06. The van der Waals surface area contributed by atoms with Gasteiger partial charge in [-0.1, -0.05) is 17.3 Å². The molecule has 0 atom stereocenters. The minimum atomic E-state index is -0.249. The Morgan fingerprint density at radius 1 is 1.37 bits per heavy atom. The van der Waals surface area contributed by atoms with E-state index in [0.29, 0.717) is 18.7 Å². The number of carbonyl (C=O) groups excluding carboxylic acids is 1. The molecule has 0 bridgehead atoms. The van der Waals surface area contributed by atoms with Crippen LogP contribution >= 0.6 is 0 Å². The Balaban J connectivity index is 1.91. The number of phenolic OH excluding ortho intramolecular Hbond substituents is 1. The molecule has 100 valence electrons. The van der Waals surface area contributed by atoms with Crippen molar-refractivity contribution in [2.45, 2.75) is 20.3 Å². The third-order valence-corrected chi connectivity index (χ3v) is 2.92. The quantitative estimate of drug-likeness (QED) is 0.881. The molecule has 1 amide bonds. The van der Waals surface area contributed by atoms with Gasteiger partial charge in [-0.15, -0.1) is 0 Å². The highest BCUT2D eigenvalue weighted by molar-refractivity contribution is 5.91. The minimum Gasteiger partial charge on any atom is -0.507 e. The monoisotopic (exact) mass is 260 g/mol. The first-order chi connectivity index (χ1) is 9.08. The van der Waals surface area contributed by atoms with Crippen molar-refractivity contribution in [3.63, 3.8) is 0 Å². The van der Waals surface area contributed by atoms with Gasteiger partial charge < -0.3 is 14.9 Å². The Bertz CT molecular complexity index is 553. The van der Waals surface area contributed by atoms with Gasteiger partial charge in [0.05, 0.1) is 0 Å². The highest BCUT2D eigenvalue weighted by Gasteiger charge is 2.08. The maximum absolute atomic E-state index is 11.6. The zero-order valence-corrected chi connectivity index (χ0v) is 10.9. The van der Waals surface area contributed by atoms with Crippen LogP contribution in [0.2, 0.25) is 0 Å². The van der Waals surface area contributed by atoms with Crippen LogP contribution < -0.4 is 5.32 Å². The average Bonchev–Trinajstić information content (AvgIpc) is 2.89. The summed E-state index contributed by atoms with van der Waals surface area (Å²) in [5, 5.41) is 16.0. The maximum atomic E-state index is 11.6. The van der Waals surface area contributed by atoms with Crippen LogP contribution in [0.3, 0.4) is 0 Å². The summed E-state index contributed by atoms with van der Waals surface area (Å²) in [5.41, 5.74) is 3.04. The fourth-order valence-electron chi connectivity index (χ4n) is 1.93. The Morgan fingerprint density at radius 3 is 2.63 bits per heavy atom. The fourth-order valence-corrected chi connectivity index (χ4v) is 1.93. The van der Waals surface area contributed by atoms with Crippen molar-refractivity contribution in [3.05, 3.63) is 46.8 Å². The number of aryl methyl sites for hydroxylation is 2. The number of nitrogens with zero attached hydrogens (tertiary/aromatic N) is 1. The highest BCUT2D eigenvalue weighted by Crippen LogP contribution is 2.22. The molecule has 0 unspecified atom stereocenters. The molecule has 0 aliphatic heterocycles. The first-order valence-electron chi connectivity index (χ1n) is 6.05. The van der Waals surface area contributed by atoms with Gasteiger partial charge in [0.15, 0.2) is 5.69 Å². The predicted molar refractivity (Wildman–Crippen MR) is 70.1 cm³/mol. The molecule has 5 nitrogen and oxygen atoms in total. The average molecular weight is 260 g/mol. The standard InChI is InChI=1S/C14H16N2O3/c1-9-7-11(8-10(2)13(9)17)3-5-15-14(18)12-4-6-19-16-12/h4,6-8,17H,3,5H2,1-2H3,(H,15,18). The van der Waals surface area contributed by atoms with E-state index >= 15 is 0 Å². The normalized spacial score (nSPS) is 10.4. The van der Waals surface area contributed by atoms with Crippen LogP contribution in [0.15, 0.2) is 29.0 Å². The van der Waals surface area contributed by atoms with Gasteiger partial charge >= 0.3 is 0 Å². The van der Waals surface area contributed by atoms with Gasteiger partial charge in [0, 0.05) is 12.6 Å². The number of amides is 1. The van der Waals surface area contributed by atoms with Crippen LogP contribution in [0.4, 0.5) is 0 Å².